The van der Waals surface area contributed by atoms with Gasteiger partial charge in [-0.05, 0) is 30.4 Å². The highest BCUT2D eigenvalue weighted by molar-refractivity contribution is 7.80. The molecule has 0 spiro atoms. The van der Waals surface area contributed by atoms with Gasteiger partial charge in [-0.2, -0.15) is 0 Å². The smallest absolute Gasteiger partial charge is 0.272 e. The molecule has 1 aromatic rings. The van der Waals surface area contributed by atoms with Gasteiger partial charge in [-0.15, -0.1) is 0 Å². The fourth-order valence-corrected chi connectivity index (χ4v) is 3.09. The van der Waals surface area contributed by atoms with Gasteiger partial charge in [-0.1, -0.05) is 38.9 Å². The summed E-state index contributed by atoms with van der Waals surface area (Å²) in [5.41, 5.74) is 7.11. The maximum atomic E-state index is 12.5. The van der Waals surface area contributed by atoms with Crippen molar-refractivity contribution in [1.29, 1.82) is 0 Å². The van der Waals surface area contributed by atoms with Crippen LogP contribution in [-0.2, 0) is 0 Å². The highest BCUT2D eigenvalue weighted by Gasteiger charge is 2.33. The zero-order valence-corrected chi connectivity index (χ0v) is 13.6. The lowest BCUT2D eigenvalue weighted by atomic mass is 9.74. The Balaban J connectivity index is 2.03. The van der Waals surface area contributed by atoms with Crippen LogP contribution in [-0.4, -0.2) is 33.9 Å². The van der Waals surface area contributed by atoms with E-state index in [1.54, 1.807) is 18.3 Å². The first-order valence-corrected chi connectivity index (χ1v) is 7.97. The lowest BCUT2D eigenvalue weighted by molar-refractivity contribution is 0.0552. The summed E-state index contributed by atoms with van der Waals surface area (Å²) in [4.78, 5) is 18.9. The summed E-state index contributed by atoms with van der Waals surface area (Å²) < 4.78 is 0. The molecule has 114 valence electrons. The van der Waals surface area contributed by atoms with Crippen molar-refractivity contribution in [1.82, 2.24) is 9.88 Å². The lowest BCUT2D eigenvalue weighted by Gasteiger charge is -2.40. The highest BCUT2D eigenvalue weighted by atomic mass is 32.1. The number of aromatic nitrogens is 1. The van der Waals surface area contributed by atoms with Crippen LogP contribution in [0, 0.1) is 5.41 Å². The van der Waals surface area contributed by atoms with E-state index in [1.165, 1.54) is 12.8 Å². The first-order valence-electron chi connectivity index (χ1n) is 7.56. The molecule has 5 heteroatoms. The third-order valence-electron chi connectivity index (χ3n) is 4.88. The number of nitrogens with two attached hydrogens (primary N) is 1. The van der Waals surface area contributed by atoms with Crippen molar-refractivity contribution < 1.29 is 4.79 Å². The summed E-state index contributed by atoms with van der Waals surface area (Å²) in [6, 6.07) is 3.47. The van der Waals surface area contributed by atoms with Crippen LogP contribution in [0.25, 0.3) is 0 Å². The molecule has 1 aromatic heterocycles. The van der Waals surface area contributed by atoms with E-state index in [2.05, 4.69) is 18.8 Å². The summed E-state index contributed by atoms with van der Waals surface area (Å²) in [6.07, 6.45) is 6.11. The summed E-state index contributed by atoms with van der Waals surface area (Å²) >= 11 is 4.89. The van der Waals surface area contributed by atoms with E-state index >= 15 is 0 Å². The first-order chi connectivity index (χ1) is 10.0. The molecule has 0 atom stereocenters. The second kappa shape index (κ2) is 6.52. The van der Waals surface area contributed by atoms with Crippen molar-refractivity contribution in [2.24, 2.45) is 11.1 Å². The summed E-state index contributed by atoms with van der Waals surface area (Å²) in [6.45, 7) is 6.13. The Morgan fingerprint density at radius 3 is 2.38 bits per heavy atom. The highest BCUT2D eigenvalue weighted by Crippen LogP contribution is 2.38. The molecule has 2 heterocycles. The van der Waals surface area contributed by atoms with Crippen LogP contribution in [0.1, 0.15) is 55.6 Å². The van der Waals surface area contributed by atoms with Gasteiger partial charge in [0.25, 0.3) is 5.91 Å². The predicted octanol–water partition coefficient (Wildman–Crippen LogP) is 2.76. The van der Waals surface area contributed by atoms with E-state index in [1.807, 2.05) is 4.90 Å². The second-order valence-electron chi connectivity index (χ2n) is 5.80. The number of carbonyl (C=O) groups is 1. The van der Waals surface area contributed by atoms with Gasteiger partial charge in [0, 0.05) is 24.8 Å². The maximum Gasteiger partial charge on any atom is 0.272 e. The van der Waals surface area contributed by atoms with Crippen molar-refractivity contribution in [3.8, 4) is 0 Å². The molecule has 0 aliphatic carbocycles. The van der Waals surface area contributed by atoms with E-state index in [4.69, 9.17) is 18.0 Å². The van der Waals surface area contributed by atoms with Crippen LogP contribution in [0.4, 0.5) is 0 Å². The van der Waals surface area contributed by atoms with E-state index in [0.717, 1.165) is 25.9 Å². The standard InChI is InChI=1S/C16H23N3OS/c1-3-16(4-2)7-9-19(10-8-16)15(20)13-6-5-12(11-18-13)14(17)21/h5-6,11H,3-4,7-10H2,1-2H3,(H2,17,21). The average molecular weight is 305 g/mol. The second-order valence-corrected chi connectivity index (χ2v) is 6.24. The number of nitrogens with zero attached hydrogens (tertiary/aromatic N) is 2. The molecule has 1 fully saturated rings. The van der Waals surface area contributed by atoms with Crippen LogP contribution in [0.3, 0.4) is 0 Å². The zero-order chi connectivity index (χ0) is 15.5. The SMILES string of the molecule is CCC1(CC)CCN(C(=O)c2ccc(C(N)=S)cn2)CC1. The summed E-state index contributed by atoms with van der Waals surface area (Å²) in [5.74, 6) is 0.00490. The first kappa shape index (κ1) is 15.9. The topological polar surface area (TPSA) is 59.2 Å². The van der Waals surface area contributed by atoms with E-state index in [9.17, 15) is 4.79 Å². The molecule has 0 saturated carbocycles. The Morgan fingerprint density at radius 1 is 1.33 bits per heavy atom. The Bertz CT molecular complexity index is 513. The van der Waals surface area contributed by atoms with Gasteiger partial charge < -0.3 is 10.6 Å². The zero-order valence-electron chi connectivity index (χ0n) is 12.8. The van der Waals surface area contributed by atoms with Gasteiger partial charge in [0.05, 0.1) is 0 Å². The van der Waals surface area contributed by atoms with Crippen molar-refractivity contribution in [2.75, 3.05) is 13.1 Å². The Morgan fingerprint density at radius 2 is 1.95 bits per heavy atom. The fourth-order valence-electron chi connectivity index (χ4n) is 2.97. The molecule has 0 bridgehead atoms. The third-order valence-corrected chi connectivity index (χ3v) is 5.11. The Labute approximate surface area is 131 Å². The van der Waals surface area contributed by atoms with Gasteiger partial charge in [-0.3, -0.25) is 9.78 Å². The third kappa shape index (κ3) is 3.40. The maximum absolute atomic E-state index is 12.5. The van der Waals surface area contributed by atoms with E-state index in [-0.39, 0.29) is 5.91 Å². The number of rotatable bonds is 4. The molecule has 0 radical (unpaired) electrons. The summed E-state index contributed by atoms with van der Waals surface area (Å²) in [5, 5.41) is 0. The van der Waals surface area contributed by atoms with Gasteiger partial charge in [0.1, 0.15) is 10.7 Å². The normalized spacial score (nSPS) is 17.5. The number of carbonyl (C=O) groups excluding carboxylic acids is 1. The van der Waals surface area contributed by atoms with Crippen LogP contribution in [0.2, 0.25) is 0 Å². The molecule has 1 saturated heterocycles. The van der Waals surface area contributed by atoms with Crippen molar-refractivity contribution in [3.63, 3.8) is 0 Å². The number of amides is 1. The lowest BCUT2D eigenvalue weighted by Crippen LogP contribution is -2.43. The van der Waals surface area contributed by atoms with Gasteiger partial charge in [0.15, 0.2) is 0 Å². The molecule has 1 aliphatic rings. The number of piperidine rings is 1. The Kier molecular flexibility index (Phi) is 4.93. The molecule has 0 unspecified atom stereocenters. The van der Waals surface area contributed by atoms with Gasteiger partial charge in [0.2, 0.25) is 0 Å². The number of hydrogen-bond donors (Lipinski definition) is 1. The quantitative estimate of drug-likeness (QED) is 0.869. The van der Waals surface area contributed by atoms with Crippen LogP contribution in [0.5, 0.6) is 0 Å². The predicted molar refractivity (Wildman–Crippen MR) is 88.3 cm³/mol. The van der Waals surface area contributed by atoms with Crippen LogP contribution < -0.4 is 5.73 Å². The minimum atomic E-state index is 0.00490. The molecule has 21 heavy (non-hydrogen) atoms. The number of likely N-dealkylation sites (tertiary alicyclic amines) is 1. The number of hydrogen-bond acceptors (Lipinski definition) is 3. The average Bonchev–Trinajstić information content (AvgIpc) is 2.54. The molecule has 4 nitrogen and oxygen atoms in total. The molecular formula is C16H23N3OS. The molecule has 1 amide bonds. The van der Waals surface area contributed by atoms with Crippen LogP contribution >= 0.6 is 12.2 Å². The van der Waals surface area contributed by atoms with Gasteiger partial charge in [-0.25, -0.2) is 0 Å². The number of thiocarbonyl (C=S) groups is 1. The monoisotopic (exact) mass is 305 g/mol. The van der Waals surface area contributed by atoms with E-state index < -0.39 is 0 Å². The minimum Gasteiger partial charge on any atom is -0.389 e. The largest absolute Gasteiger partial charge is 0.389 e. The van der Waals surface area contributed by atoms with Crippen LogP contribution in [0.15, 0.2) is 18.3 Å². The fraction of sp³-hybridized carbons (Fsp3) is 0.562. The van der Waals surface area contributed by atoms with E-state index in [0.29, 0.717) is 21.7 Å². The minimum absolute atomic E-state index is 0.00490. The summed E-state index contributed by atoms with van der Waals surface area (Å²) in [7, 11) is 0. The van der Waals surface area contributed by atoms with Gasteiger partial charge >= 0.3 is 0 Å². The molecule has 1 aliphatic heterocycles. The van der Waals surface area contributed by atoms with Crippen molar-refractivity contribution >= 4 is 23.1 Å². The molecule has 2 N–H and O–H groups in total. The number of pyridine rings is 1. The molecule has 0 aromatic carbocycles. The molecule has 2 rings (SSSR count). The van der Waals surface area contributed by atoms with Crippen molar-refractivity contribution in [2.45, 2.75) is 39.5 Å². The molecular weight excluding hydrogens is 282 g/mol. The van der Waals surface area contributed by atoms with Crippen molar-refractivity contribution in [3.05, 3.63) is 29.6 Å². The Hall–Kier alpha value is -1.49.